The summed E-state index contributed by atoms with van der Waals surface area (Å²) in [4.78, 5) is 11.8. The Kier molecular flexibility index (Phi) is 4.30. The normalized spacial score (nSPS) is 10.5. The number of fused-ring (bicyclic) bond motifs is 1. The van der Waals surface area contributed by atoms with E-state index >= 15 is 0 Å². The maximum Gasteiger partial charge on any atom is 0.338 e. The van der Waals surface area contributed by atoms with E-state index in [0.29, 0.717) is 29.6 Å². The van der Waals surface area contributed by atoms with Gasteiger partial charge in [0.1, 0.15) is 11.4 Å². The summed E-state index contributed by atoms with van der Waals surface area (Å²) in [6.45, 7) is 0. The molecule has 0 aliphatic rings. The Morgan fingerprint density at radius 1 is 1.29 bits per heavy atom. The van der Waals surface area contributed by atoms with E-state index in [0.717, 1.165) is 10.9 Å². The lowest BCUT2D eigenvalue weighted by Gasteiger charge is -2.09. The first-order valence-corrected chi connectivity index (χ1v) is 7.40. The molecule has 0 radical (unpaired) electrons. The van der Waals surface area contributed by atoms with Crippen LogP contribution in [0.4, 0.5) is 4.39 Å². The number of nitriles is 1. The number of carbonyl (C=O) groups excluding carboxylic acids is 1. The van der Waals surface area contributed by atoms with Crippen molar-refractivity contribution in [1.29, 1.82) is 5.26 Å². The molecular weight excluding hydrogens is 309 g/mol. The molecule has 1 aromatic heterocycles. The third kappa shape index (κ3) is 2.86. The van der Waals surface area contributed by atoms with E-state index in [1.165, 1.54) is 19.2 Å². The monoisotopic (exact) mass is 323 g/mol. The number of rotatable bonds is 4. The average Bonchev–Trinajstić information content (AvgIpc) is 3.08. The number of methoxy groups -OCH3 is 1. The largest absolute Gasteiger partial charge is 0.465 e. The fourth-order valence-corrected chi connectivity index (χ4v) is 2.78. The lowest BCUT2D eigenvalue weighted by atomic mass is 9.97. The molecule has 3 rings (SSSR count). The van der Waals surface area contributed by atoms with Gasteiger partial charge in [0.25, 0.3) is 0 Å². The second-order valence-corrected chi connectivity index (χ2v) is 5.34. The minimum Gasteiger partial charge on any atom is -0.465 e. The van der Waals surface area contributed by atoms with Crippen molar-refractivity contribution >= 4 is 16.9 Å². The van der Waals surface area contributed by atoms with Crippen molar-refractivity contribution < 1.29 is 18.3 Å². The molecule has 0 saturated heterocycles. The molecule has 0 unspecified atom stereocenters. The van der Waals surface area contributed by atoms with Crippen LogP contribution in [-0.4, -0.2) is 13.1 Å². The second kappa shape index (κ2) is 6.55. The molecule has 0 aliphatic carbocycles. The van der Waals surface area contributed by atoms with Gasteiger partial charge in [-0.05, 0) is 48.7 Å². The van der Waals surface area contributed by atoms with Gasteiger partial charge in [-0.2, -0.15) is 5.26 Å². The first-order chi connectivity index (χ1) is 11.6. The fourth-order valence-electron chi connectivity index (χ4n) is 2.78. The number of hydrogen-bond acceptors (Lipinski definition) is 4. The zero-order valence-corrected chi connectivity index (χ0v) is 13.0. The van der Waals surface area contributed by atoms with Crippen LogP contribution in [0, 0.1) is 17.1 Å². The molecule has 0 aliphatic heterocycles. The van der Waals surface area contributed by atoms with Gasteiger partial charge in [-0.25, -0.2) is 9.18 Å². The quantitative estimate of drug-likeness (QED) is 0.680. The Morgan fingerprint density at radius 2 is 2.12 bits per heavy atom. The molecule has 0 fully saturated rings. The van der Waals surface area contributed by atoms with E-state index in [9.17, 15) is 9.18 Å². The van der Waals surface area contributed by atoms with E-state index < -0.39 is 11.8 Å². The number of benzene rings is 2. The van der Waals surface area contributed by atoms with Gasteiger partial charge < -0.3 is 9.15 Å². The predicted octanol–water partition coefficient (Wildman–Crippen LogP) is 4.02. The molecule has 0 atom stereocenters. The average molecular weight is 323 g/mol. The molecule has 0 spiro atoms. The van der Waals surface area contributed by atoms with Crippen molar-refractivity contribution in [2.45, 2.75) is 12.8 Å². The number of hydrogen-bond donors (Lipinski definition) is 0. The first kappa shape index (κ1) is 15.8. The molecule has 0 bridgehead atoms. The summed E-state index contributed by atoms with van der Waals surface area (Å²) in [5.74, 6) is -1.02. The van der Waals surface area contributed by atoms with Crippen molar-refractivity contribution in [3.8, 4) is 6.07 Å². The second-order valence-electron chi connectivity index (χ2n) is 5.34. The van der Waals surface area contributed by atoms with Crippen molar-refractivity contribution in [1.82, 2.24) is 0 Å². The van der Waals surface area contributed by atoms with E-state index in [2.05, 4.69) is 6.07 Å². The van der Waals surface area contributed by atoms with E-state index in [1.54, 1.807) is 30.5 Å². The maximum absolute atomic E-state index is 14.2. The molecule has 5 heteroatoms. The standard InChI is InChI=1S/C19H14FNO3/c1-23-19(22)16-3-2-4-17(20)15(16)6-5-13-9-12(11-21)10-14-7-8-24-18(13)14/h2-4,7-10H,5-6H2,1H3. The first-order valence-electron chi connectivity index (χ1n) is 7.40. The van der Waals surface area contributed by atoms with Crippen molar-refractivity contribution in [3.63, 3.8) is 0 Å². The number of aryl methyl sites for hydroxylation is 1. The van der Waals surface area contributed by atoms with Crippen molar-refractivity contribution in [2.75, 3.05) is 7.11 Å². The van der Waals surface area contributed by atoms with Crippen LogP contribution in [0.15, 0.2) is 47.1 Å². The molecular formula is C19H14FNO3. The highest BCUT2D eigenvalue weighted by atomic mass is 19.1. The van der Waals surface area contributed by atoms with Crippen LogP contribution in [-0.2, 0) is 17.6 Å². The van der Waals surface area contributed by atoms with Gasteiger partial charge in [0.15, 0.2) is 0 Å². The highest BCUT2D eigenvalue weighted by Gasteiger charge is 2.16. The van der Waals surface area contributed by atoms with Crippen LogP contribution in [0.25, 0.3) is 11.0 Å². The van der Waals surface area contributed by atoms with Crippen LogP contribution < -0.4 is 0 Å². The minimum atomic E-state index is -0.571. The fraction of sp³-hybridized carbons (Fsp3) is 0.158. The molecule has 24 heavy (non-hydrogen) atoms. The number of nitrogens with zero attached hydrogens (tertiary/aromatic N) is 1. The predicted molar refractivity (Wildman–Crippen MR) is 86.1 cm³/mol. The third-order valence-corrected chi connectivity index (χ3v) is 3.93. The Hall–Kier alpha value is -3.13. The lowest BCUT2D eigenvalue weighted by molar-refractivity contribution is 0.0599. The molecule has 0 N–H and O–H groups in total. The summed E-state index contributed by atoms with van der Waals surface area (Å²) < 4.78 is 24.3. The van der Waals surface area contributed by atoms with Gasteiger partial charge in [-0.15, -0.1) is 0 Å². The highest BCUT2D eigenvalue weighted by Crippen LogP contribution is 2.25. The molecule has 3 aromatic rings. The van der Waals surface area contributed by atoms with Gasteiger partial charge in [-0.3, -0.25) is 0 Å². The summed E-state index contributed by atoms with van der Waals surface area (Å²) in [6, 6.07) is 11.7. The summed E-state index contributed by atoms with van der Waals surface area (Å²) in [5.41, 5.74) is 2.50. The Labute approximate surface area is 138 Å². The van der Waals surface area contributed by atoms with Gasteiger partial charge in [0.2, 0.25) is 0 Å². The van der Waals surface area contributed by atoms with E-state index in [-0.39, 0.29) is 5.56 Å². The molecule has 120 valence electrons. The van der Waals surface area contributed by atoms with Gasteiger partial charge in [0, 0.05) is 10.9 Å². The summed E-state index contributed by atoms with van der Waals surface area (Å²) in [6.07, 6.45) is 2.28. The van der Waals surface area contributed by atoms with Gasteiger partial charge >= 0.3 is 5.97 Å². The molecule has 0 amide bonds. The molecule has 4 nitrogen and oxygen atoms in total. The zero-order valence-electron chi connectivity index (χ0n) is 13.0. The number of halogens is 1. The van der Waals surface area contributed by atoms with Gasteiger partial charge in [-0.1, -0.05) is 6.07 Å². The van der Waals surface area contributed by atoms with Crippen LogP contribution in [0.1, 0.15) is 27.0 Å². The zero-order chi connectivity index (χ0) is 17.1. The smallest absolute Gasteiger partial charge is 0.338 e. The lowest BCUT2D eigenvalue weighted by Crippen LogP contribution is -2.08. The SMILES string of the molecule is COC(=O)c1cccc(F)c1CCc1cc(C#N)cc2ccoc12. The van der Waals surface area contributed by atoms with Crippen LogP contribution in [0.3, 0.4) is 0 Å². The van der Waals surface area contributed by atoms with Crippen molar-refractivity contribution in [3.05, 3.63) is 70.7 Å². The molecule has 1 heterocycles. The minimum absolute atomic E-state index is 0.213. The summed E-state index contributed by atoms with van der Waals surface area (Å²) in [7, 11) is 1.26. The number of ether oxygens (including phenoxy) is 1. The molecule has 0 saturated carbocycles. The third-order valence-electron chi connectivity index (χ3n) is 3.93. The summed E-state index contributed by atoms with van der Waals surface area (Å²) >= 11 is 0. The number of furan rings is 1. The Balaban J connectivity index is 1.96. The number of esters is 1. The van der Waals surface area contributed by atoms with Crippen LogP contribution in [0.2, 0.25) is 0 Å². The van der Waals surface area contributed by atoms with E-state index in [1.807, 2.05) is 0 Å². The van der Waals surface area contributed by atoms with Crippen molar-refractivity contribution in [2.24, 2.45) is 0 Å². The van der Waals surface area contributed by atoms with Gasteiger partial charge in [0.05, 0.1) is 30.6 Å². The number of carbonyl (C=O) groups is 1. The van der Waals surface area contributed by atoms with Crippen LogP contribution in [0.5, 0.6) is 0 Å². The molecule has 2 aromatic carbocycles. The Morgan fingerprint density at radius 3 is 2.88 bits per heavy atom. The topological polar surface area (TPSA) is 63.2 Å². The Bertz CT molecular complexity index is 953. The highest BCUT2D eigenvalue weighted by molar-refractivity contribution is 5.91. The maximum atomic E-state index is 14.2. The van der Waals surface area contributed by atoms with E-state index in [4.69, 9.17) is 14.4 Å². The van der Waals surface area contributed by atoms with Crippen LogP contribution >= 0.6 is 0 Å². The summed E-state index contributed by atoms with van der Waals surface area (Å²) in [5, 5.41) is 9.96.